The third-order valence-corrected chi connectivity index (χ3v) is 2.14. The van der Waals surface area contributed by atoms with Gasteiger partial charge in [0.2, 0.25) is 0 Å². The number of aromatic hydroxyl groups is 1. The largest absolute Gasteiger partial charge is 0.508 e. The molecule has 0 fully saturated rings. The van der Waals surface area contributed by atoms with Gasteiger partial charge in [-0.3, -0.25) is 4.57 Å². The summed E-state index contributed by atoms with van der Waals surface area (Å²) in [6.07, 6.45) is 2.47. The van der Waals surface area contributed by atoms with Crippen molar-refractivity contribution in [2.24, 2.45) is 0 Å². The summed E-state index contributed by atoms with van der Waals surface area (Å²) >= 11 is 0. The summed E-state index contributed by atoms with van der Waals surface area (Å²) in [5, 5.41) is 9.19. The Bertz CT molecular complexity index is 500. The van der Waals surface area contributed by atoms with Crippen LogP contribution in [0.4, 0.5) is 8.78 Å². The quantitative estimate of drug-likeness (QED) is 0.893. The molecule has 0 aliphatic heterocycles. The predicted molar refractivity (Wildman–Crippen MR) is 55.9 cm³/mol. The molecule has 0 saturated carbocycles. The molecule has 0 unspecified atom stereocenters. The molecule has 1 aromatic carbocycles. The Kier molecular flexibility index (Phi) is 3.22. The van der Waals surface area contributed by atoms with Gasteiger partial charge in [0.25, 0.3) is 0 Å². The normalized spacial score (nSPS) is 10.8. The highest BCUT2D eigenvalue weighted by Gasteiger charge is 2.11. The number of alkyl halides is 2. The van der Waals surface area contributed by atoms with Crippen LogP contribution >= 0.6 is 0 Å². The number of hydrogen-bond donors (Lipinski definition) is 1. The molecule has 0 aliphatic rings. The molecule has 1 aromatic heterocycles. The number of nitrogens with zero attached hydrogens (tertiary/aromatic N) is 2. The Balaban J connectivity index is 2.05. The fourth-order valence-electron chi connectivity index (χ4n) is 1.35. The first-order valence-corrected chi connectivity index (χ1v) is 4.88. The standard InChI is InChI=1S/C11H10F2N2O2/c12-11(13)15-5-4-14-10(15)7-17-9-3-1-2-8(16)6-9/h1-6,11,16H,7H2. The van der Waals surface area contributed by atoms with Crippen molar-refractivity contribution >= 4 is 0 Å². The first-order valence-electron chi connectivity index (χ1n) is 4.88. The lowest BCUT2D eigenvalue weighted by atomic mass is 10.3. The minimum atomic E-state index is -2.64. The molecule has 0 amide bonds. The number of aromatic nitrogens is 2. The van der Waals surface area contributed by atoms with Crippen LogP contribution in [-0.2, 0) is 6.61 Å². The summed E-state index contributed by atoms with van der Waals surface area (Å²) in [7, 11) is 0. The fourth-order valence-corrected chi connectivity index (χ4v) is 1.35. The van der Waals surface area contributed by atoms with Gasteiger partial charge in [-0.1, -0.05) is 6.07 Å². The van der Waals surface area contributed by atoms with Gasteiger partial charge in [-0.15, -0.1) is 0 Å². The average Bonchev–Trinajstić information content (AvgIpc) is 2.74. The van der Waals surface area contributed by atoms with Crippen LogP contribution in [0.3, 0.4) is 0 Å². The van der Waals surface area contributed by atoms with Gasteiger partial charge in [-0.2, -0.15) is 8.78 Å². The molecule has 0 radical (unpaired) electrons. The molecule has 17 heavy (non-hydrogen) atoms. The highest BCUT2D eigenvalue weighted by molar-refractivity contribution is 5.31. The van der Waals surface area contributed by atoms with E-state index in [9.17, 15) is 13.9 Å². The van der Waals surface area contributed by atoms with Crippen molar-refractivity contribution < 1.29 is 18.6 Å². The van der Waals surface area contributed by atoms with Gasteiger partial charge in [0.15, 0.2) is 5.82 Å². The Labute approximate surface area is 96.1 Å². The number of benzene rings is 1. The highest BCUT2D eigenvalue weighted by Crippen LogP contribution is 2.19. The van der Waals surface area contributed by atoms with E-state index >= 15 is 0 Å². The van der Waals surface area contributed by atoms with E-state index in [1.54, 1.807) is 12.1 Å². The second-order valence-electron chi connectivity index (χ2n) is 3.31. The van der Waals surface area contributed by atoms with Crippen LogP contribution in [0.2, 0.25) is 0 Å². The molecule has 0 aliphatic carbocycles. The zero-order valence-corrected chi connectivity index (χ0v) is 8.75. The van der Waals surface area contributed by atoms with Crippen molar-refractivity contribution in [3.8, 4) is 11.5 Å². The van der Waals surface area contributed by atoms with E-state index in [1.165, 1.54) is 24.5 Å². The Morgan fingerprint density at radius 2 is 2.24 bits per heavy atom. The van der Waals surface area contributed by atoms with Crippen LogP contribution in [0.15, 0.2) is 36.7 Å². The van der Waals surface area contributed by atoms with Crippen LogP contribution in [-0.4, -0.2) is 14.7 Å². The highest BCUT2D eigenvalue weighted by atomic mass is 19.3. The van der Waals surface area contributed by atoms with Gasteiger partial charge in [-0.25, -0.2) is 4.98 Å². The summed E-state index contributed by atoms with van der Waals surface area (Å²) in [6.45, 7) is -2.72. The Morgan fingerprint density at radius 3 is 2.94 bits per heavy atom. The average molecular weight is 240 g/mol. The summed E-state index contributed by atoms with van der Waals surface area (Å²) in [4.78, 5) is 3.77. The maximum Gasteiger partial charge on any atom is 0.320 e. The van der Waals surface area contributed by atoms with Crippen molar-refractivity contribution in [1.29, 1.82) is 0 Å². The predicted octanol–water partition coefficient (Wildman–Crippen LogP) is 2.56. The van der Waals surface area contributed by atoms with Gasteiger partial charge in [-0.05, 0) is 12.1 Å². The number of hydrogen-bond acceptors (Lipinski definition) is 3. The Hall–Kier alpha value is -2.11. The molecule has 2 aromatic rings. The molecule has 2 rings (SSSR count). The topological polar surface area (TPSA) is 47.3 Å². The number of phenols is 1. The smallest absolute Gasteiger partial charge is 0.320 e. The molecular formula is C11H10F2N2O2. The summed E-state index contributed by atoms with van der Waals surface area (Å²) < 4.78 is 30.9. The van der Waals surface area contributed by atoms with Crippen molar-refractivity contribution in [1.82, 2.24) is 9.55 Å². The molecule has 4 nitrogen and oxygen atoms in total. The first kappa shape index (κ1) is 11.4. The van der Waals surface area contributed by atoms with Crippen LogP contribution < -0.4 is 4.74 Å². The van der Waals surface area contributed by atoms with Gasteiger partial charge in [0.05, 0.1) is 0 Å². The molecule has 0 saturated heterocycles. The van der Waals surface area contributed by atoms with Crippen LogP contribution in [0.5, 0.6) is 11.5 Å². The first-order chi connectivity index (χ1) is 8.16. The van der Waals surface area contributed by atoms with E-state index in [2.05, 4.69) is 4.98 Å². The summed E-state index contributed by atoms with van der Waals surface area (Å²) in [6, 6.07) is 6.11. The maximum absolute atomic E-state index is 12.5. The molecule has 0 bridgehead atoms. The zero-order valence-electron chi connectivity index (χ0n) is 8.75. The molecule has 0 atom stereocenters. The molecule has 1 heterocycles. The Morgan fingerprint density at radius 1 is 1.41 bits per heavy atom. The zero-order chi connectivity index (χ0) is 12.3. The van der Waals surface area contributed by atoms with E-state index in [0.717, 1.165) is 4.57 Å². The maximum atomic E-state index is 12.5. The summed E-state index contributed by atoms with van der Waals surface area (Å²) in [5.74, 6) is 0.580. The number of halogens is 2. The minimum absolute atomic E-state index is 0.0553. The van der Waals surface area contributed by atoms with E-state index in [1.807, 2.05) is 0 Å². The molecule has 6 heteroatoms. The third-order valence-electron chi connectivity index (χ3n) is 2.14. The minimum Gasteiger partial charge on any atom is -0.508 e. The molecule has 1 N–H and O–H groups in total. The van der Waals surface area contributed by atoms with Gasteiger partial charge < -0.3 is 9.84 Å². The van der Waals surface area contributed by atoms with Crippen molar-refractivity contribution in [2.45, 2.75) is 13.2 Å². The molecular weight excluding hydrogens is 230 g/mol. The molecule has 90 valence electrons. The van der Waals surface area contributed by atoms with E-state index in [-0.39, 0.29) is 18.2 Å². The number of imidazole rings is 1. The SMILES string of the molecule is Oc1cccc(OCc2nccn2C(F)F)c1. The van der Waals surface area contributed by atoms with Crippen molar-refractivity contribution in [2.75, 3.05) is 0 Å². The lowest BCUT2D eigenvalue weighted by molar-refractivity contribution is 0.0632. The lowest BCUT2D eigenvalue weighted by Crippen LogP contribution is -2.07. The van der Waals surface area contributed by atoms with Crippen molar-refractivity contribution in [3.63, 3.8) is 0 Å². The lowest BCUT2D eigenvalue weighted by Gasteiger charge is -2.08. The van der Waals surface area contributed by atoms with Gasteiger partial charge in [0, 0.05) is 18.5 Å². The number of rotatable bonds is 4. The van der Waals surface area contributed by atoms with Crippen LogP contribution in [0.25, 0.3) is 0 Å². The van der Waals surface area contributed by atoms with E-state index < -0.39 is 6.55 Å². The monoisotopic (exact) mass is 240 g/mol. The van der Waals surface area contributed by atoms with Crippen LogP contribution in [0, 0.1) is 0 Å². The molecule has 0 spiro atoms. The third kappa shape index (κ3) is 2.72. The van der Waals surface area contributed by atoms with Crippen molar-refractivity contribution in [3.05, 3.63) is 42.5 Å². The number of ether oxygens (including phenoxy) is 1. The van der Waals surface area contributed by atoms with Gasteiger partial charge in [0.1, 0.15) is 18.1 Å². The van der Waals surface area contributed by atoms with E-state index in [4.69, 9.17) is 4.74 Å². The van der Waals surface area contributed by atoms with E-state index in [0.29, 0.717) is 5.75 Å². The second-order valence-corrected chi connectivity index (χ2v) is 3.31. The number of phenolic OH excluding ortho intramolecular Hbond substituents is 1. The second kappa shape index (κ2) is 4.82. The summed E-state index contributed by atoms with van der Waals surface area (Å²) in [5.41, 5.74) is 0. The fraction of sp³-hybridized carbons (Fsp3) is 0.182. The van der Waals surface area contributed by atoms with Crippen LogP contribution in [0.1, 0.15) is 12.4 Å². The van der Waals surface area contributed by atoms with Gasteiger partial charge >= 0.3 is 6.55 Å².